The zero-order valence-electron chi connectivity index (χ0n) is 20.7. The first-order chi connectivity index (χ1) is 17.6. The summed E-state index contributed by atoms with van der Waals surface area (Å²) in [6.45, 7) is 1.36. The van der Waals surface area contributed by atoms with Gasteiger partial charge in [0.1, 0.15) is 5.82 Å². The van der Waals surface area contributed by atoms with E-state index in [1.807, 2.05) is 48.9 Å². The Kier molecular flexibility index (Phi) is 5.69. The van der Waals surface area contributed by atoms with E-state index >= 15 is 0 Å². The van der Waals surface area contributed by atoms with Crippen LogP contribution in [0.2, 0.25) is 0 Å². The Bertz CT molecular complexity index is 1530. The molecule has 1 aliphatic rings. The van der Waals surface area contributed by atoms with Gasteiger partial charge in [-0.15, -0.1) is 0 Å². The smallest absolute Gasteiger partial charge is 0.133 e. The minimum Gasteiger partial charge on any atom is -0.383 e. The Morgan fingerprint density at radius 1 is 0.889 bits per heavy atom. The molecule has 0 spiro atoms. The van der Waals surface area contributed by atoms with Crippen molar-refractivity contribution in [2.24, 2.45) is 14.1 Å². The largest absolute Gasteiger partial charge is 0.383 e. The number of aromatic nitrogens is 8. The molecule has 9 heteroatoms. The number of hydrogen-bond acceptors (Lipinski definition) is 6. The van der Waals surface area contributed by atoms with Gasteiger partial charge in [-0.05, 0) is 41.7 Å². The van der Waals surface area contributed by atoms with Gasteiger partial charge in [-0.2, -0.15) is 10.2 Å². The molecule has 0 atom stereocenters. The summed E-state index contributed by atoms with van der Waals surface area (Å²) in [5, 5.41) is 8.69. The lowest BCUT2D eigenvalue weighted by molar-refractivity contribution is 0.183. The predicted octanol–water partition coefficient (Wildman–Crippen LogP) is 3.48. The summed E-state index contributed by atoms with van der Waals surface area (Å²) < 4.78 is 11.0. The quantitative estimate of drug-likeness (QED) is 0.354. The van der Waals surface area contributed by atoms with Gasteiger partial charge in [0.25, 0.3) is 0 Å². The van der Waals surface area contributed by atoms with E-state index in [2.05, 4.69) is 45.1 Å². The minimum absolute atomic E-state index is 0.633. The summed E-state index contributed by atoms with van der Waals surface area (Å²) in [7, 11) is 5.71. The standard InChI is InChI=1S/C27H28N8O/c1-33-16-21-5-4-19-12-29-24(10-18-11-31-35(15-18)8-9-36-3)32-26(19)25(21)27(33)20-6-7-23(28-13-20)22-14-30-34(2)17-22/h6-7,11-17H,4-5,8-10H2,1-3H3. The van der Waals surface area contributed by atoms with Crippen LogP contribution in [0.3, 0.4) is 0 Å². The van der Waals surface area contributed by atoms with E-state index in [0.717, 1.165) is 59.0 Å². The zero-order valence-corrected chi connectivity index (χ0v) is 20.7. The maximum absolute atomic E-state index is 5.15. The molecular formula is C27H28N8O. The number of rotatable bonds is 7. The normalized spacial score (nSPS) is 12.5. The Hall–Kier alpha value is -4.11. The van der Waals surface area contributed by atoms with Gasteiger partial charge < -0.3 is 9.30 Å². The molecule has 1 aliphatic carbocycles. The third kappa shape index (κ3) is 4.11. The van der Waals surface area contributed by atoms with Crippen molar-refractivity contribution < 1.29 is 4.74 Å². The molecule has 6 rings (SSSR count). The van der Waals surface area contributed by atoms with E-state index in [1.165, 1.54) is 16.7 Å². The van der Waals surface area contributed by atoms with E-state index in [4.69, 9.17) is 14.7 Å². The van der Waals surface area contributed by atoms with Crippen molar-refractivity contribution in [1.82, 2.24) is 39.1 Å². The molecule has 36 heavy (non-hydrogen) atoms. The van der Waals surface area contributed by atoms with Gasteiger partial charge in [0.2, 0.25) is 0 Å². The molecule has 0 bridgehead atoms. The van der Waals surface area contributed by atoms with Crippen LogP contribution in [-0.4, -0.2) is 52.8 Å². The lowest BCUT2D eigenvalue weighted by Gasteiger charge is -2.18. The van der Waals surface area contributed by atoms with Crippen molar-refractivity contribution in [3.05, 3.63) is 78.0 Å². The molecule has 5 heterocycles. The highest BCUT2D eigenvalue weighted by Gasteiger charge is 2.26. The Morgan fingerprint density at radius 3 is 2.56 bits per heavy atom. The van der Waals surface area contributed by atoms with Gasteiger partial charge in [-0.3, -0.25) is 14.3 Å². The fourth-order valence-electron chi connectivity index (χ4n) is 4.94. The molecule has 5 aromatic heterocycles. The number of methoxy groups -OCH3 is 1. The number of aryl methyl sites for hydroxylation is 4. The maximum Gasteiger partial charge on any atom is 0.133 e. The monoisotopic (exact) mass is 480 g/mol. The summed E-state index contributed by atoms with van der Waals surface area (Å²) >= 11 is 0. The molecule has 0 saturated carbocycles. The summed E-state index contributed by atoms with van der Waals surface area (Å²) in [4.78, 5) is 14.5. The molecule has 9 nitrogen and oxygen atoms in total. The zero-order chi connectivity index (χ0) is 24.6. The second-order valence-electron chi connectivity index (χ2n) is 9.26. The van der Waals surface area contributed by atoms with E-state index in [9.17, 15) is 0 Å². The van der Waals surface area contributed by atoms with E-state index < -0.39 is 0 Å². The van der Waals surface area contributed by atoms with Crippen LogP contribution >= 0.6 is 0 Å². The number of hydrogen-bond donors (Lipinski definition) is 0. The average molecular weight is 481 g/mol. The summed E-state index contributed by atoms with van der Waals surface area (Å²) in [6, 6.07) is 4.19. The molecule has 182 valence electrons. The van der Waals surface area contributed by atoms with Crippen LogP contribution in [0.15, 0.2) is 55.5 Å². The van der Waals surface area contributed by atoms with Crippen LogP contribution in [0, 0.1) is 0 Å². The highest BCUT2D eigenvalue weighted by Crippen LogP contribution is 2.40. The Morgan fingerprint density at radius 2 is 1.78 bits per heavy atom. The Labute approximate surface area is 209 Å². The molecule has 0 aromatic carbocycles. The van der Waals surface area contributed by atoms with E-state index in [1.54, 1.807) is 11.8 Å². The molecule has 0 aliphatic heterocycles. The van der Waals surface area contributed by atoms with Crippen molar-refractivity contribution >= 4 is 0 Å². The first-order valence-electron chi connectivity index (χ1n) is 12.1. The molecule has 0 amide bonds. The number of fused-ring (bicyclic) bond motifs is 3. The number of ether oxygens (including phenoxy) is 1. The third-order valence-corrected chi connectivity index (χ3v) is 6.69. The summed E-state index contributed by atoms with van der Waals surface area (Å²) in [6.07, 6.45) is 16.5. The van der Waals surface area contributed by atoms with Crippen molar-refractivity contribution in [2.45, 2.75) is 25.8 Å². The van der Waals surface area contributed by atoms with Gasteiger partial charge in [0.15, 0.2) is 0 Å². The molecule has 0 saturated heterocycles. The first kappa shape index (κ1) is 22.4. The predicted molar refractivity (Wildman–Crippen MR) is 136 cm³/mol. The van der Waals surface area contributed by atoms with Crippen LogP contribution in [-0.2, 0) is 44.6 Å². The van der Waals surface area contributed by atoms with Crippen molar-refractivity contribution in [3.8, 4) is 33.8 Å². The highest BCUT2D eigenvalue weighted by atomic mass is 16.5. The second-order valence-corrected chi connectivity index (χ2v) is 9.26. The Balaban J connectivity index is 1.34. The van der Waals surface area contributed by atoms with E-state index in [0.29, 0.717) is 13.0 Å². The maximum atomic E-state index is 5.15. The van der Waals surface area contributed by atoms with Crippen LogP contribution < -0.4 is 0 Å². The van der Waals surface area contributed by atoms with Crippen molar-refractivity contribution in [1.29, 1.82) is 0 Å². The summed E-state index contributed by atoms with van der Waals surface area (Å²) in [5.41, 5.74) is 9.92. The average Bonchev–Trinajstić information content (AvgIpc) is 3.61. The van der Waals surface area contributed by atoms with Crippen LogP contribution in [0.4, 0.5) is 0 Å². The van der Waals surface area contributed by atoms with Crippen molar-refractivity contribution in [2.75, 3.05) is 13.7 Å². The molecule has 0 unspecified atom stereocenters. The van der Waals surface area contributed by atoms with Gasteiger partial charge in [0.05, 0.1) is 42.6 Å². The SMILES string of the molecule is COCCn1cc(Cc2ncc3c(n2)-c2c(cn(C)c2-c2ccc(-c4cnn(C)c4)nc2)CC3)cn1. The highest BCUT2D eigenvalue weighted by molar-refractivity contribution is 5.85. The van der Waals surface area contributed by atoms with Crippen molar-refractivity contribution in [3.63, 3.8) is 0 Å². The topological polar surface area (TPSA) is 88.5 Å². The van der Waals surface area contributed by atoms with Crippen LogP contribution in [0.5, 0.6) is 0 Å². The molecule has 0 fully saturated rings. The second kappa shape index (κ2) is 9.16. The van der Waals surface area contributed by atoms with Gasteiger partial charge in [0, 0.05) is 75.3 Å². The number of nitrogens with zero attached hydrogens (tertiary/aromatic N) is 8. The van der Waals surface area contributed by atoms with Crippen LogP contribution in [0.25, 0.3) is 33.8 Å². The molecule has 0 radical (unpaired) electrons. The van der Waals surface area contributed by atoms with Gasteiger partial charge >= 0.3 is 0 Å². The minimum atomic E-state index is 0.633. The van der Waals surface area contributed by atoms with Gasteiger partial charge in [-0.1, -0.05) is 0 Å². The van der Waals surface area contributed by atoms with Gasteiger partial charge in [-0.25, -0.2) is 9.97 Å². The lowest BCUT2D eigenvalue weighted by atomic mass is 9.90. The number of pyridine rings is 1. The molecule has 5 aromatic rings. The molecule has 0 N–H and O–H groups in total. The fourth-order valence-corrected chi connectivity index (χ4v) is 4.94. The molecular weight excluding hydrogens is 452 g/mol. The third-order valence-electron chi connectivity index (χ3n) is 6.69. The fraction of sp³-hybridized carbons (Fsp3) is 0.296. The lowest BCUT2D eigenvalue weighted by Crippen LogP contribution is -2.08. The summed E-state index contributed by atoms with van der Waals surface area (Å²) in [5.74, 6) is 0.799. The van der Waals surface area contributed by atoms with E-state index in [-0.39, 0.29) is 0 Å². The first-order valence-corrected chi connectivity index (χ1v) is 12.1. The van der Waals surface area contributed by atoms with Crippen LogP contribution in [0.1, 0.15) is 22.5 Å².